The number of aliphatic hydroxyl groups is 1. The minimum atomic E-state index is -0.0819. The van der Waals surface area contributed by atoms with Gasteiger partial charge in [-0.3, -0.25) is 0 Å². The molecule has 0 bridgehead atoms. The van der Waals surface area contributed by atoms with Gasteiger partial charge < -0.3 is 10.8 Å². The number of thioether (sulfide) groups is 1. The Hall–Kier alpha value is 0.270. The van der Waals surface area contributed by atoms with E-state index in [1.165, 1.54) is 0 Å². The fourth-order valence-electron chi connectivity index (χ4n) is 1.90. The molecule has 0 aromatic rings. The van der Waals surface area contributed by atoms with Gasteiger partial charge >= 0.3 is 0 Å². The van der Waals surface area contributed by atoms with Gasteiger partial charge in [-0.25, -0.2) is 0 Å². The lowest BCUT2D eigenvalue weighted by Gasteiger charge is -2.18. The summed E-state index contributed by atoms with van der Waals surface area (Å²) in [6, 6.07) is 0. The highest BCUT2D eigenvalue weighted by atomic mass is 32.2. The summed E-state index contributed by atoms with van der Waals surface area (Å²) in [7, 11) is 0. The van der Waals surface area contributed by atoms with E-state index in [1.54, 1.807) is 11.8 Å². The van der Waals surface area contributed by atoms with Crippen molar-refractivity contribution in [3.8, 4) is 0 Å². The number of hydrogen-bond donors (Lipinski definition) is 2. The molecule has 0 saturated heterocycles. The maximum atomic E-state index is 9.52. The maximum absolute atomic E-state index is 9.52. The lowest BCUT2D eigenvalue weighted by Crippen LogP contribution is -2.23. The normalized spacial score (nSPS) is 37.9. The van der Waals surface area contributed by atoms with Crippen molar-refractivity contribution < 1.29 is 5.11 Å². The molecule has 3 heteroatoms. The summed E-state index contributed by atoms with van der Waals surface area (Å²) in [5.74, 6) is 0.657. The molecule has 0 heterocycles. The van der Waals surface area contributed by atoms with E-state index in [0.29, 0.717) is 11.2 Å². The summed E-state index contributed by atoms with van der Waals surface area (Å²) in [4.78, 5) is 0. The van der Waals surface area contributed by atoms with Gasteiger partial charge in [-0.2, -0.15) is 11.8 Å². The zero-order valence-electron chi connectivity index (χ0n) is 6.99. The first-order valence-electron chi connectivity index (χ1n) is 4.20. The standard InChI is InChI=1S/C8H17NOS/c1-11-8-6(4-5-9)2-3-7(8)10/h6-8,10H,2-5,9H2,1H3/t6-,7-,8-/m0/s1. The van der Waals surface area contributed by atoms with Crippen LogP contribution < -0.4 is 5.73 Å². The molecule has 0 radical (unpaired) electrons. The van der Waals surface area contributed by atoms with Crippen LogP contribution in [0.5, 0.6) is 0 Å². The van der Waals surface area contributed by atoms with Gasteiger partial charge in [-0.05, 0) is 38.0 Å². The molecule has 1 aliphatic rings. The van der Waals surface area contributed by atoms with Gasteiger partial charge in [0.2, 0.25) is 0 Å². The molecule has 2 nitrogen and oxygen atoms in total. The van der Waals surface area contributed by atoms with Gasteiger partial charge in [-0.1, -0.05) is 0 Å². The first kappa shape index (κ1) is 9.36. The predicted molar refractivity (Wildman–Crippen MR) is 49.7 cm³/mol. The van der Waals surface area contributed by atoms with Crippen LogP contribution in [-0.4, -0.2) is 29.3 Å². The summed E-state index contributed by atoms with van der Waals surface area (Å²) < 4.78 is 0. The topological polar surface area (TPSA) is 46.2 Å². The predicted octanol–water partition coefficient (Wildman–Crippen LogP) is 0.838. The molecule has 0 aliphatic heterocycles. The molecule has 0 unspecified atom stereocenters. The molecule has 3 N–H and O–H groups in total. The second-order valence-electron chi connectivity index (χ2n) is 3.18. The minimum Gasteiger partial charge on any atom is -0.392 e. The molecule has 66 valence electrons. The van der Waals surface area contributed by atoms with Gasteiger partial charge in [0.25, 0.3) is 0 Å². The summed E-state index contributed by atoms with van der Waals surface area (Å²) >= 11 is 1.78. The van der Waals surface area contributed by atoms with Crippen molar-refractivity contribution in [3.63, 3.8) is 0 Å². The maximum Gasteiger partial charge on any atom is 0.0661 e. The second-order valence-corrected chi connectivity index (χ2v) is 4.20. The van der Waals surface area contributed by atoms with Gasteiger partial charge in [0, 0.05) is 5.25 Å². The van der Waals surface area contributed by atoms with Crippen molar-refractivity contribution in [2.24, 2.45) is 11.7 Å². The molecule has 1 fully saturated rings. The Morgan fingerprint density at radius 2 is 2.27 bits per heavy atom. The van der Waals surface area contributed by atoms with E-state index in [-0.39, 0.29) is 6.10 Å². The number of rotatable bonds is 3. The van der Waals surface area contributed by atoms with Crippen molar-refractivity contribution in [2.45, 2.75) is 30.6 Å². The van der Waals surface area contributed by atoms with Gasteiger partial charge in [0.1, 0.15) is 0 Å². The molecule has 0 amide bonds. The highest BCUT2D eigenvalue weighted by molar-refractivity contribution is 7.99. The zero-order valence-corrected chi connectivity index (χ0v) is 7.81. The smallest absolute Gasteiger partial charge is 0.0661 e. The van der Waals surface area contributed by atoms with Crippen LogP contribution in [0.3, 0.4) is 0 Å². The van der Waals surface area contributed by atoms with E-state index in [1.807, 2.05) is 0 Å². The van der Waals surface area contributed by atoms with E-state index < -0.39 is 0 Å². The second kappa shape index (κ2) is 4.33. The minimum absolute atomic E-state index is 0.0819. The Kier molecular flexibility index (Phi) is 3.69. The average molecular weight is 175 g/mol. The fourth-order valence-corrected chi connectivity index (χ4v) is 3.01. The summed E-state index contributed by atoms with van der Waals surface area (Å²) in [5.41, 5.74) is 5.48. The molecular formula is C8H17NOS. The molecule has 1 aliphatic carbocycles. The fraction of sp³-hybridized carbons (Fsp3) is 1.00. The molecule has 1 rings (SSSR count). The van der Waals surface area contributed by atoms with Crippen molar-refractivity contribution >= 4 is 11.8 Å². The number of aliphatic hydroxyl groups excluding tert-OH is 1. The van der Waals surface area contributed by atoms with E-state index in [2.05, 4.69) is 6.26 Å². The number of nitrogens with two attached hydrogens (primary N) is 1. The Balaban J connectivity index is 2.40. The van der Waals surface area contributed by atoms with Crippen molar-refractivity contribution in [1.82, 2.24) is 0 Å². The molecule has 1 saturated carbocycles. The van der Waals surface area contributed by atoms with Crippen molar-refractivity contribution in [1.29, 1.82) is 0 Å². The molecule has 11 heavy (non-hydrogen) atoms. The SMILES string of the molecule is CS[C@H]1[C@H](CCN)CC[C@@H]1O. The summed E-state index contributed by atoms with van der Waals surface area (Å²) in [6.45, 7) is 0.758. The molecule has 0 aromatic heterocycles. The van der Waals surface area contributed by atoms with Crippen molar-refractivity contribution in [3.05, 3.63) is 0 Å². The molecule has 0 spiro atoms. The Labute approximate surface area is 72.5 Å². The zero-order chi connectivity index (χ0) is 8.27. The highest BCUT2D eigenvalue weighted by Crippen LogP contribution is 2.35. The van der Waals surface area contributed by atoms with Crippen LogP contribution in [0.4, 0.5) is 0 Å². The Bertz CT molecular complexity index is 119. The quantitative estimate of drug-likeness (QED) is 0.668. The molecule has 3 atom stereocenters. The van der Waals surface area contributed by atoms with Crippen LogP contribution in [-0.2, 0) is 0 Å². The summed E-state index contributed by atoms with van der Waals surface area (Å²) in [5, 5.41) is 9.97. The van der Waals surface area contributed by atoms with E-state index in [4.69, 9.17) is 5.73 Å². The van der Waals surface area contributed by atoms with E-state index in [9.17, 15) is 5.11 Å². The first-order valence-corrected chi connectivity index (χ1v) is 5.49. The highest BCUT2D eigenvalue weighted by Gasteiger charge is 2.33. The number of hydrogen-bond acceptors (Lipinski definition) is 3. The van der Waals surface area contributed by atoms with E-state index >= 15 is 0 Å². The van der Waals surface area contributed by atoms with Crippen LogP contribution in [0.1, 0.15) is 19.3 Å². The van der Waals surface area contributed by atoms with Gasteiger partial charge in [-0.15, -0.1) is 0 Å². The van der Waals surface area contributed by atoms with Gasteiger partial charge in [0.05, 0.1) is 6.10 Å². The first-order chi connectivity index (χ1) is 5.29. The van der Waals surface area contributed by atoms with Crippen LogP contribution in [0, 0.1) is 5.92 Å². The summed E-state index contributed by atoms with van der Waals surface area (Å²) in [6.07, 6.45) is 5.19. The van der Waals surface area contributed by atoms with Crippen LogP contribution in [0.25, 0.3) is 0 Å². The lowest BCUT2D eigenvalue weighted by molar-refractivity contribution is 0.183. The third-order valence-corrected chi connectivity index (χ3v) is 3.73. The monoisotopic (exact) mass is 175 g/mol. The van der Waals surface area contributed by atoms with Crippen LogP contribution in [0.15, 0.2) is 0 Å². The lowest BCUT2D eigenvalue weighted by atomic mass is 10.0. The van der Waals surface area contributed by atoms with Crippen LogP contribution >= 0.6 is 11.8 Å². The van der Waals surface area contributed by atoms with Crippen molar-refractivity contribution in [2.75, 3.05) is 12.8 Å². The Morgan fingerprint density at radius 3 is 2.82 bits per heavy atom. The van der Waals surface area contributed by atoms with Crippen LogP contribution in [0.2, 0.25) is 0 Å². The Morgan fingerprint density at radius 1 is 1.55 bits per heavy atom. The average Bonchev–Trinajstić information content (AvgIpc) is 2.33. The third-order valence-electron chi connectivity index (χ3n) is 2.49. The third kappa shape index (κ3) is 2.10. The van der Waals surface area contributed by atoms with E-state index in [0.717, 1.165) is 25.8 Å². The largest absolute Gasteiger partial charge is 0.392 e. The molecular weight excluding hydrogens is 158 g/mol. The molecule has 0 aromatic carbocycles. The van der Waals surface area contributed by atoms with Gasteiger partial charge in [0.15, 0.2) is 0 Å².